The number of amides is 1. The molecule has 6 nitrogen and oxygen atoms in total. The molecular formula is C27H28FN3O3. The smallest absolute Gasteiger partial charge is 0.241 e. The topological polar surface area (TPSA) is 64.6 Å². The van der Waals surface area contributed by atoms with Crippen LogP contribution in [0.2, 0.25) is 0 Å². The van der Waals surface area contributed by atoms with Gasteiger partial charge in [-0.2, -0.15) is 0 Å². The summed E-state index contributed by atoms with van der Waals surface area (Å²) in [6.07, 6.45) is 6.37. The van der Waals surface area contributed by atoms with E-state index in [2.05, 4.69) is 22.1 Å². The van der Waals surface area contributed by atoms with Crippen molar-refractivity contribution >= 4 is 5.91 Å². The summed E-state index contributed by atoms with van der Waals surface area (Å²) in [4.78, 5) is 25.0. The molecule has 2 aliphatic rings. The normalized spacial score (nSPS) is 20.0. The van der Waals surface area contributed by atoms with Gasteiger partial charge in [-0.25, -0.2) is 9.37 Å². The molecule has 0 spiro atoms. The zero-order valence-corrected chi connectivity index (χ0v) is 19.0. The molecule has 0 aliphatic carbocycles. The second-order valence-electron chi connectivity index (χ2n) is 8.95. The molecule has 1 atom stereocenters. The zero-order chi connectivity index (χ0) is 23.4. The number of aromatic nitrogens is 2. The Hall–Kier alpha value is -3.32. The average Bonchev–Trinajstić information content (AvgIpc) is 2.91. The van der Waals surface area contributed by atoms with Crippen LogP contribution < -0.4 is 4.74 Å². The second-order valence-corrected chi connectivity index (χ2v) is 8.95. The van der Waals surface area contributed by atoms with Crippen molar-refractivity contribution in [2.24, 2.45) is 0 Å². The van der Waals surface area contributed by atoms with Gasteiger partial charge in [0.25, 0.3) is 0 Å². The molecular weight excluding hydrogens is 433 g/mol. The van der Waals surface area contributed by atoms with Crippen LogP contribution in [0.25, 0.3) is 0 Å². The maximum absolute atomic E-state index is 14.0. The Labute approximate surface area is 198 Å². The third-order valence-corrected chi connectivity index (χ3v) is 6.90. The van der Waals surface area contributed by atoms with Gasteiger partial charge in [-0.1, -0.05) is 30.3 Å². The minimum absolute atomic E-state index is 0.00881. The molecule has 0 radical (unpaired) electrons. The highest BCUT2D eigenvalue weighted by molar-refractivity contribution is 5.88. The molecule has 0 saturated carbocycles. The van der Waals surface area contributed by atoms with Gasteiger partial charge in [0.2, 0.25) is 11.8 Å². The standard InChI is InChI=1S/C27H28FN3O3/c28-22-8-10-23(11-9-22)34-25-24(29-14-15-30-25)20-5-4-16-31(19-20)26(32)27(12-17-33-18-13-27)21-6-2-1-3-7-21/h1-3,6-11,14-15,20H,4-5,12-13,16-19H2/t20-/m0/s1. The van der Waals surface area contributed by atoms with Gasteiger partial charge in [-0.05, 0) is 55.5 Å². The van der Waals surface area contributed by atoms with Crippen molar-refractivity contribution in [2.75, 3.05) is 26.3 Å². The van der Waals surface area contributed by atoms with E-state index >= 15 is 0 Å². The molecule has 34 heavy (non-hydrogen) atoms. The molecule has 1 amide bonds. The van der Waals surface area contributed by atoms with Crippen molar-refractivity contribution in [3.8, 4) is 11.6 Å². The van der Waals surface area contributed by atoms with Gasteiger partial charge in [-0.3, -0.25) is 9.78 Å². The predicted molar refractivity (Wildman–Crippen MR) is 125 cm³/mol. The van der Waals surface area contributed by atoms with Gasteiger partial charge in [-0.15, -0.1) is 0 Å². The van der Waals surface area contributed by atoms with Gasteiger partial charge in [0.15, 0.2) is 0 Å². The van der Waals surface area contributed by atoms with Crippen LogP contribution in [0, 0.1) is 5.82 Å². The van der Waals surface area contributed by atoms with Gasteiger partial charge >= 0.3 is 0 Å². The van der Waals surface area contributed by atoms with Crippen LogP contribution in [0.15, 0.2) is 67.0 Å². The Kier molecular flexibility index (Phi) is 6.54. The van der Waals surface area contributed by atoms with Gasteiger partial charge in [0.05, 0.1) is 5.41 Å². The molecule has 3 aromatic rings. The first kappa shape index (κ1) is 22.5. The Morgan fingerprint density at radius 1 is 1.03 bits per heavy atom. The largest absolute Gasteiger partial charge is 0.437 e. The lowest BCUT2D eigenvalue weighted by Crippen LogP contribution is -2.52. The summed E-state index contributed by atoms with van der Waals surface area (Å²) in [5.41, 5.74) is 1.23. The Morgan fingerprint density at radius 2 is 1.76 bits per heavy atom. The number of ether oxygens (including phenoxy) is 2. The van der Waals surface area contributed by atoms with E-state index in [1.165, 1.54) is 12.1 Å². The van der Waals surface area contributed by atoms with Gasteiger partial charge in [0.1, 0.15) is 17.3 Å². The summed E-state index contributed by atoms with van der Waals surface area (Å²) in [5.74, 6) is 0.745. The summed E-state index contributed by atoms with van der Waals surface area (Å²) in [5, 5.41) is 0. The number of carbonyl (C=O) groups is 1. The highest BCUT2D eigenvalue weighted by atomic mass is 19.1. The minimum atomic E-state index is -0.558. The molecule has 1 aromatic heterocycles. The number of likely N-dealkylation sites (tertiary alicyclic amines) is 1. The molecule has 0 bridgehead atoms. The Balaban J connectivity index is 1.39. The Bertz CT molecular complexity index is 1120. The Morgan fingerprint density at radius 3 is 2.53 bits per heavy atom. The average molecular weight is 462 g/mol. The SMILES string of the molecule is O=C(N1CCC[C@H](c2nccnc2Oc2ccc(F)cc2)C1)C1(c2ccccc2)CCOCC1. The third-order valence-electron chi connectivity index (χ3n) is 6.90. The molecule has 5 rings (SSSR count). The first-order chi connectivity index (χ1) is 16.7. The molecule has 2 aromatic carbocycles. The predicted octanol–water partition coefficient (Wildman–Crippen LogP) is 4.86. The van der Waals surface area contributed by atoms with Crippen molar-refractivity contribution in [3.05, 3.63) is 84.1 Å². The van der Waals surface area contributed by atoms with E-state index in [1.807, 2.05) is 23.1 Å². The van der Waals surface area contributed by atoms with Gasteiger partial charge < -0.3 is 14.4 Å². The van der Waals surface area contributed by atoms with Crippen LogP contribution in [0.3, 0.4) is 0 Å². The molecule has 3 heterocycles. The zero-order valence-electron chi connectivity index (χ0n) is 19.0. The van der Waals surface area contributed by atoms with E-state index in [0.717, 1.165) is 30.6 Å². The number of piperidine rings is 1. The molecule has 2 saturated heterocycles. The maximum Gasteiger partial charge on any atom is 0.241 e. The number of hydrogen-bond acceptors (Lipinski definition) is 5. The highest BCUT2D eigenvalue weighted by Gasteiger charge is 2.45. The number of carbonyl (C=O) groups excluding carboxylic acids is 1. The van der Waals surface area contributed by atoms with E-state index < -0.39 is 5.41 Å². The highest BCUT2D eigenvalue weighted by Crippen LogP contribution is 2.39. The lowest BCUT2D eigenvalue weighted by Gasteiger charge is -2.42. The molecule has 0 N–H and O–H groups in total. The lowest BCUT2D eigenvalue weighted by atomic mass is 9.72. The molecule has 2 fully saturated rings. The summed E-state index contributed by atoms with van der Waals surface area (Å²) in [6, 6.07) is 15.9. The second kappa shape index (κ2) is 9.89. The molecule has 7 heteroatoms. The number of halogens is 1. The molecule has 0 unspecified atom stereocenters. The third kappa shape index (κ3) is 4.53. The van der Waals surface area contributed by atoms with Crippen LogP contribution in [0.1, 0.15) is 42.9 Å². The van der Waals surface area contributed by atoms with E-state index in [4.69, 9.17) is 9.47 Å². The summed E-state index contributed by atoms with van der Waals surface area (Å²) in [6.45, 7) is 2.45. The monoisotopic (exact) mass is 461 g/mol. The lowest BCUT2D eigenvalue weighted by molar-refractivity contribution is -0.142. The minimum Gasteiger partial charge on any atom is -0.437 e. The number of rotatable bonds is 5. The van der Waals surface area contributed by atoms with Crippen molar-refractivity contribution in [2.45, 2.75) is 37.0 Å². The number of nitrogens with zero attached hydrogens (tertiary/aromatic N) is 3. The first-order valence-electron chi connectivity index (χ1n) is 11.8. The quantitative estimate of drug-likeness (QED) is 0.543. The summed E-state index contributed by atoms with van der Waals surface area (Å²) in [7, 11) is 0. The fourth-order valence-corrected chi connectivity index (χ4v) is 5.10. The fourth-order valence-electron chi connectivity index (χ4n) is 5.10. The number of benzene rings is 2. The summed E-state index contributed by atoms with van der Waals surface area (Å²) < 4.78 is 24.9. The first-order valence-corrected chi connectivity index (χ1v) is 11.8. The van der Waals surface area contributed by atoms with Crippen molar-refractivity contribution in [1.82, 2.24) is 14.9 Å². The van der Waals surface area contributed by atoms with Crippen LogP contribution in [-0.2, 0) is 14.9 Å². The van der Waals surface area contributed by atoms with E-state index in [1.54, 1.807) is 24.5 Å². The molecule has 176 valence electrons. The van der Waals surface area contributed by atoms with Crippen LogP contribution in [0.5, 0.6) is 11.6 Å². The van der Waals surface area contributed by atoms with Crippen LogP contribution in [-0.4, -0.2) is 47.1 Å². The number of hydrogen-bond donors (Lipinski definition) is 0. The van der Waals surface area contributed by atoms with E-state index in [-0.39, 0.29) is 17.6 Å². The van der Waals surface area contributed by atoms with Crippen LogP contribution in [0.4, 0.5) is 4.39 Å². The van der Waals surface area contributed by atoms with Crippen molar-refractivity contribution in [1.29, 1.82) is 0 Å². The van der Waals surface area contributed by atoms with Crippen molar-refractivity contribution in [3.63, 3.8) is 0 Å². The maximum atomic E-state index is 14.0. The van der Waals surface area contributed by atoms with E-state index in [0.29, 0.717) is 44.2 Å². The van der Waals surface area contributed by atoms with E-state index in [9.17, 15) is 9.18 Å². The van der Waals surface area contributed by atoms with Crippen LogP contribution >= 0.6 is 0 Å². The summed E-state index contributed by atoms with van der Waals surface area (Å²) >= 11 is 0. The fraction of sp³-hybridized carbons (Fsp3) is 0.370. The van der Waals surface area contributed by atoms with Crippen molar-refractivity contribution < 1.29 is 18.7 Å². The molecule has 2 aliphatic heterocycles. The van der Waals surface area contributed by atoms with Gasteiger partial charge in [0, 0.05) is 44.6 Å².